The Bertz CT molecular complexity index is 1170. The van der Waals surface area contributed by atoms with E-state index in [2.05, 4.69) is 22.0 Å². The van der Waals surface area contributed by atoms with E-state index in [0.29, 0.717) is 17.7 Å². The molecule has 176 valence electrons. The number of benzene rings is 2. The van der Waals surface area contributed by atoms with Gasteiger partial charge in [-0.1, -0.05) is 47.0 Å². The number of hydrogen-bond donors (Lipinski definition) is 3. The molecule has 2 aromatic carbocycles. The Morgan fingerprint density at radius 3 is 2.35 bits per heavy atom. The van der Waals surface area contributed by atoms with E-state index in [4.69, 9.17) is 23.2 Å². The molecular weight excluding hydrogens is 477 g/mol. The Labute approximate surface area is 207 Å². The lowest BCUT2D eigenvalue weighted by molar-refractivity contribution is -0.114. The van der Waals surface area contributed by atoms with Crippen LogP contribution in [-0.4, -0.2) is 30.0 Å². The summed E-state index contributed by atoms with van der Waals surface area (Å²) < 4.78 is 0. The van der Waals surface area contributed by atoms with Gasteiger partial charge >= 0.3 is 0 Å². The molecule has 2 aromatic rings. The van der Waals surface area contributed by atoms with E-state index in [9.17, 15) is 19.2 Å². The molecule has 1 unspecified atom stereocenters. The highest BCUT2D eigenvalue weighted by Crippen LogP contribution is 2.30. The molecule has 0 heterocycles. The van der Waals surface area contributed by atoms with Gasteiger partial charge in [-0.25, -0.2) is 0 Å². The van der Waals surface area contributed by atoms with E-state index in [-0.39, 0.29) is 33.1 Å². The topological polar surface area (TPSA) is 104 Å². The fourth-order valence-electron chi connectivity index (χ4n) is 3.42. The number of aldehydes is 1. The van der Waals surface area contributed by atoms with Crippen LogP contribution in [0.3, 0.4) is 0 Å². The number of amides is 3. The first kappa shape index (κ1) is 25.2. The Kier molecular flexibility index (Phi) is 8.62. The first-order valence-electron chi connectivity index (χ1n) is 10.6. The van der Waals surface area contributed by atoms with Gasteiger partial charge in [0.2, 0.25) is 5.91 Å². The van der Waals surface area contributed by atoms with Gasteiger partial charge in [-0.2, -0.15) is 0 Å². The molecule has 3 amide bonds. The molecule has 0 aliphatic heterocycles. The van der Waals surface area contributed by atoms with E-state index >= 15 is 0 Å². The molecule has 0 aromatic heterocycles. The standard InChI is InChI=1S/C25H23Cl2N3O4/c1-15(32)28-23-13-22(27)21(26)12-20(23)25(34)29-18-9-7-17(8-10-18)24(33)30-19(14-31)11-16-5-3-2-4-6-16/h2-3,5,7-10,12-14,19H,4,6,11H2,1H3,(H,28,32)(H,29,34)(H,30,33). The van der Waals surface area contributed by atoms with Crippen LogP contribution in [0.4, 0.5) is 11.4 Å². The van der Waals surface area contributed by atoms with Gasteiger partial charge in [0.1, 0.15) is 6.29 Å². The number of anilines is 2. The van der Waals surface area contributed by atoms with Crippen molar-refractivity contribution in [3.63, 3.8) is 0 Å². The Morgan fingerprint density at radius 2 is 1.74 bits per heavy atom. The quantitative estimate of drug-likeness (QED) is 0.435. The summed E-state index contributed by atoms with van der Waals surface area (Å²) in [4.78, 5) is 48.3. The molecule has 0 saturated carbocycles. The predicted molar refractivity (Wildman–Crippen MR) is 134 cm³/mol. The maximum absolute atomic E-state index is 12.8. The zero-order valence-electron chi connectivity index (χ0n) is 18.4. The molecule has 0 bridgehead atoms. The smallest absolute Gasteiger partial charge is 0.257 e. The number of nitrogens with one attached hydrogen (secondary N) is 3. The van der Waals surface area contributed by atoms with Gasteiger partial charge in [0.25, 0.3) is 11.8 Å². The number of carbonyl (C=O) groups is 4. The number of halogens is 2. The minimum Gasteiger partial charge on any atom is -0.342 e. The van der Waals surface area contributed by atoms with Gasteiger partial charge < -0.3 is 20.7 Å². The summed E-state index contributed by atoms with van der Waals surface area (Å²) in [5, 5.41) is 8.34. The molecule has 0 saturated heterocycles. The van der Waals surface area contributed by atoms with Crippen LogP contribution in [0, 0.1) is 0 Å². The van der Waals surface area contributed by atoms with Crippen molar-refractivity contribution in [2.24, 2.45) is 0 Å². The van der Waals surface area contributed by atoms with Crippen molar-refractivity contribution in [2.45, 2.75) is 32.2 Å². The van der Waals surface area contributed by atoms with Crippen molar-refractivity contribution in [2.75, 3.05) is 10.6 Å². The molecule has 1 atom stereocenters. The summed E-state index contributed by atoms with van der Waals surface area (Å²) in [6.07, 6.45) is 8.96. The highest BCUT2D eigenvalue weighted by Gasteiger charge is 2.18. The maximum Gasteiger partial charge on any atom is 0.257 e. The largest absolute Gasteiger partial charge is 0.342 e. The second kappa shape index (κ2) is 11.6. The SMILES string of the molecule is CC(=O)Nc1cc(Cl)c(Cl)cc1C(=O)Nc1ccc(C(=O)NC(C=O)CC2=CC=CCC2)cc1. The molecular formula is C25H23Cl2N3O4. The molecule has 34 heavy (non-hydrogen) atoms. The van der Waals surface area contributed by atoms with Crippen molar-refractivity contribution >= 4 is 58.6 Å². The van der Waals surface area contributed by atoms with Gasteiger partial charge in [-0.05, 0) is 55.7 Å². The van der Waals surface area contributed by atoms with Crippen LogP contribution in [0.25, 0.3) is 0 Å². The lowest BCUT2D eigenvalue weighted by atomic mass is 9.98. The van der Waals surface area contributed by atoms with Crippen molar-refractivity contribution < 1.29 is 19.2 Å². The fourth-order valence-corrected chi connectivity index (χ4v) is 3.75. The summed E-state index contributed by atoms with van der Waals surface area (Å²) in [6.45, 7) is 1.31. The minimum absolute atomic E-state index is 0.132. The zero-order valence-corrected chi connectivity index (χ0v) is 19.9. The summed E-state index contributed by atoms with van der Waals surface area (Å²) in [7, 11) is 0. The van der Waals surface area contributed by atoms with Crippen LogP contribution in [0.1, 0.15) is 46.9 Å². The number of carbonyl (C=O) groups excluding carboxylic acids is 4. The van der Waals surface area contributed by atoms with Crippen molar-refractivity contribution in [3.05, 3.63) is 81.4 Å². The Balaban J connectivity index is 1.67. The number of allylic oxidation sites excluding steroid dienone is 3. The van der Waals surface area contributed by atoms with Crippen LogP contribution >= 0.6 is 23.2 Å². The van der Waals surface area contributed by atoms with Crippen molar-refractivity contribution in [1.29, 1.82) is 0 Å². The van der Waals surface area contributed by atoms with Gasteiger partial charge in [0.15, 0.2) is 0 Å². The van der Waals surface area contributed by atoms with E-state index in [1.807, 2.05) is 12.2 Å². The van der Waals surface area contributed by atoms with Crippen LogP contribution in [0.15, 0.2) is 60.2 Å². The first-order valence-corrected chi connectivity index (χ1v) is 11.3. The third kappa shape index (κ3) is 6.79. The van der Waals surface area contributed by atoms with Crippen LogP contribution in [0.5, 0.6) is 0 Å². The first-order chi connectivity index (χ1) is 16.3. The van der Waals surface area contributed by atoms with Crippen LogP contribution in [0.2, 0.25) is 10.0 Å². The molecule has 1 aliphatic carbocycles. The maximum atomic E-state index is 12.8. The van der Waals surface area contributed by atoms with Gasteiger partial charge in [0, 0.05) is 18.2 Å². The molecule has 0 spiro atoms. The molecule has 0 radical (unpaired) electrons. The van der Waals surface area contributed by atoms with E-state index in [1.165, 1.54) is 19.1 Å². The second-order valence-corrected chi connectivity index (χ2v) is 8.55. The fraction of sp³-hybridized carbons (Fsp3) is 0.200. The average molecular weight is 500 g/mol. The monoisotopic (exact) mass is 499 g/mol. The summed E-state index contributed by atoms with van der Waals surface area (Å²) in [6, 6.07) is 8.35. The Morgan fingerprint density at radius 1 is 1.03 bits per heavy atom. The van der Waals surface area contributed by atoms with Gasteiger partial charge in [-0.15, -0.1) is 0 Å². The summed E-state index contributed by atoms with van der Waals surface area (Å²) in [5.41, 5.74) is 2.23. The van der Waals surface area contributed by atoms with E-state index < -0.39 is 11.9 Å². The van der Waals surface area contributed by atoms with E-state index in [0.717, 1.165) is 24.7 Å². The molecule has 7 nitrogen and oxygen atoms in total. The highest BCUT2D eigenvalue weighted by atomic mass is 35.5. The third-order valence-corrected chi connectivity index (χ3v) is 5.81. The Hall–Kier alpha value is -3.42. The summed E-state index contributed by atoms with van der Waals surface area (Å²) in [5.74, 6) is -1.28. The minimum atomic E-state index is -0.619. The van der Waals surface area contributed by atoms with Gasteiger partial charge in [-0.3, -0.25) is 14.4 Å². The predicted octanol–water partition coefficient (Wildman–Crippen LogP) is 5.17. The number of rotatable bonds is 8. The summed E-state index contributed by atoms with van der Waals surface area (Å²) >= 11 is 12.0. The molecule has 3 N–H and O–H groups in total. The van der Waals surface area contributed by atoms with Crippen molar-refractivity contribution in [3.8, 4) is 0 Å². The molecule has 9 heteroatoms. The lowest BCUT2D eigenvalue weighted by Crippen LogP contribution is -2.36. The van der Waals surface area contributed by atoms with E-state index in [1.54, 1.807) is 24.3 Å². The van der Waals surface area contributed by atoms with Crippen LogP contribution in [-0.2, 0) is 9.59 Å². The second-order valence-electron chi connectivity index (χ2n) is 7.74. The molecule has 1 aliphatic rings. The van der Waals surface area contributed by atoms with Crippen LogP contribution < -0.4 is 16.0 Å². The lowest BCUT2D eigenvalue weighted by Gasteiger charge is -2.16. The molecule has 3 rings (SSSR count). The van der Waals surface area contributed by atoms with Crippen molar-refractivity contribution in [1.82, 2.24) is 5.32 Å². The normalized spacial score (nSPS) is 13.4. The molecule has 0 fully saturated rings. The van der Waals surface area contributed by atoms with Gasteiger partial charge in [0.05, 0.1) is 27.3 Å². The average Bonchev–Trinajstić information content (AvgIpc) is 2.81. The number of hydrogen-bond acceptors (Lipinski definition) is 4. The zero-order chi connectivity index (χ0) is 24.7. The third-order valence-electron chi connectivity index (χ3n) is 5.08. The highest BCUT2D eigenvalue weighted by molar-refractivity contribution is 6.42.